The quantitative estimate of drug-likeness (QED) is 0.566. The van der Waals surface area contributed by atoms with Gasteiger partial charge in [-0.3, -0.25) is 0 Å². The van der Waals surface area contributed by atoms with E-state index in [2.05, 4.69) is 58.9 Å². The SMILES string of the molecule is CCCCC1C[Si](CC)(CC)c2ccccc2[Si]1(CC)CC. The third kappa shape index (κ3) is 2.77. The van der Waals surface area contributed by atoms with E-state index in [1.807, 2.05) is 10.4 Å². The van der Waals surface area contributed by atoms with Crippen LogP contribution in [0.3, 0.4) is 0 Å². The lowest BCUT2D eigenvalue weighted by atomic mass is 10.2. The van der Waals surface area contributed by atoms with Crippen LogP contribution in [0.4, 0.5) is 0 Å². The molecule has 2 heteroatoms. The Bertz CT molecular complexity index is 472. The van der Waals surface area contributed by atoms with Gasteiger partial charge in [-0.2, -0.15) is 0 Å². The van der Waals surface area contributed by atoms with E-state index in [0.29, 0.717) is 0 Å². The van der Waals surface area contributed by atoms with Crippen molar-refractivity contribution in [2.45, 2.75) is 89.6 Å². The molecule has 0 saturated carbocycles. The van der Waals surface area contributed by atoms with Crippen molar-refractivity contribution in [3.8, 4) is 0 Å². The van der Waals surface area contributed by atoms with Crippen molar-refractivity contribution < 1.29 is 0 Å². The number of benzene rings is 1. The second-order valence-electron chi connectivity index (χ2n) is 7.44. The summed E-state index contributed by atoms with van der Waals surface area (Å²) in [6.45, 7) is 12.3. The van der Waals surface area contributed by atoms with Gasteiger partial charge in [0.05, 0.1) is 16.1 Å². The van der Waals surface area contributed by atoms with Crippen molar-refractivity contribution in [2.24, 2.45) is 0 Å². The maximum Gasteiger partial charge on any atom is 0.0888 e. The van der Waals surface area contributed by atoms with Crippen molar-refractivity contribution in [1.29, 1.82) is 0 Å². The van der Waals surface area contributed by atoms with Crippen molar-refractivity contribution in [3.63, 3.8) is 0 Å². The van der Waals surface area contributed by atoms with Gasteiger partial charge in [-0.05, 0) is 5.54 Å². The maximum absolute atomic E-state index is 2.56. The van der Waals surface area contributed by atoms with E-state index in [1.165, 1.54) is 43.4 Å². The van der Waals surface area contributed by atoms with Gasteiger partial charge in [-0.15, -0.1) is 0 Å². The number of rotatable bonds is 7. The number of unbranched alkanes of at least 4 members (excludes halogenated alkanes) is 1. The molecule has 0 spiro atoms. The van der Waals surface area contributed by atoms with Crippen LogP contribution in [0, 0.1) is 0 Å². The summed E-state index contributed by atoms with van der Waals surface area (Å²) in [7, 11) is -2.56. The normalized spacial score (nSPS) is 22.3. The summed E-state index contributed by atoms with van der Waals surface area (Å²) in [5.74, 6) is 0. The van der Waals surface area contributed by atoms with E-state index >= 15 is 0 Å². The zero-order valence-electron chi connectivity index (χ0n) is 15.5. The lowest BCUT2D eigenvalue weighted by Crippen LogP contribution is -2.69. The summed E-state index contributed by atoms with van der Waals surface area (Å²) in [6.07, 6.45) is 4.32. The average molecular weight is 333 g/mol. The van der Waals surface area contributed by atoms with E-state index in [-0.39, 0.29) is 0 Å². The second kappa shape index (κ2) is 7.48. The Morgan fingerprint density at radius 2 is 1.45 bits per heavy atom. The highest BCUT2D eigenvalue weighted by Gasteiger charge is 2.51. The Kier molecular flexibility index (Phi) is 6.12. The van der Waals surface area contributed by atoms with Gasteiger partial charge in [0, 0.05) is 0 Å². The van der Waals surface area contributed by atoms with Crippen LogP contribution in [-0.2, 0) is 0 Å². The molecule has 0 aromatic heterocycles. The Balaban J connectivity index is 2.59. The van der Waals surface area contributed by atoms with Crippen LogP contribution in [0.5, 0.6) is 0 Å². The van der Waals surface area contributed by atoms with Gasteiger partial charge in [0.25, 0.3) is 0 Å². The summed E-state index contributed by atoms with van der Waals surface area (Å²) < 4.78 is 0. The van der Waals surface area contributed by atoms with Crippen LogP contribution in [-0.4, -0.2) is 16.1 Å². The lowest BCUT2D eigenvalue weighted by molar-refractivity contribution is 0.673. The molecular weight excluding hydrogens is 296 g/mol. The van der Waals surface area contributed by atoms with E-state index < -0.39 is 16.1 Å². The molecule has 1 aromatic rings. The molecule has 1 aliphatic rings. The van der Waals surface area contributed by atoms with Crippen molar-refractivity contribution in [3.05, 3.63) is 24.3 Å². The van der Waals surface area contributed by atoms with Gasteiger partial charge in [0.2, 0.25) is 0 Å². The molecule has 1 heterocycles. The van der Waals surface area contributed by atoms with E-state index in [9.17, 15) is 0 Å². The number of fused-ring (bicyclic) bond motifs is 1. The minimum absolute atomic E-state index is 1.06. The summed E-state index contributed by atoms with van der Waals surface area (Å²) in [6, 6.07) is 17.1. The largest absolute Gasteiger partial charge is 0.0888 e. The molecule has 22 heavy (non-hydrogen) atoms. The molecule has 0 aliphatic carbocycles. The van der Waals surface area contributed by atoms with E-state index in [1.54, 1.807) is 6.04 Å². The second-order valence-corrected chi connectivity index (χ2v) is 17.4. The molecule has 1 unspecified atom stereocenters. The Labute approximate surface area is 140 Å². The van der Waals surface area contributed by atoms with Crippen LogP contribution in [0.25, 0.3) is 0 Å². The van der Waals surface area contributed by atoms with Crippen LogP contribution >= 0.6 is 0 Å². The highest BCUT2D eigenvalue weighted by Crippen LogP contribution is 2.44. The molecule has 0 radical (unpaired) electrons. The minimum atomic E-state index is -1.30. The molecule has 1 aliphatic heterocycles. The average Bonchev–Trinajstić information content (AvgIpc) is 2.59. The lowest BCUT2D eigenvalue weighted by Gasteiger charge is -2.51. The Hall–Kier alpha value is -0.346. The fraction of sp³-hybridized carbons (Fsp3) is 0.700. The minimum Gasteiger partial charge on any atom is -0.0675 e. The maximum atomic E-state index is 2.56. The molecule has 0 bridgehead atoms. The molecule has 0 fully saturated rings. The standard InChI is InChI=1S/C20H36Si2/c1-6-11-14-18-17-21(7-2,8-3)19-15-12-13-16-20(19)22(18,9-4)10-5/h12-13,15-16,18H,6-11,14,17H2,1-5H3. The predicted octanol–water partition coefficient (Wildman–Crippen LogP) is 5.65. The van der Waals surface area contributed by atoms with Gasteiger partial charge >= 0.3 is 0 Å². The smallest absolute Gasteiger partial charge is 0.0675 e. The van der Waals surface area contributed by atoms with Crippen molar-refractivity contribution >= 4 is 26.5 Å². The zero-order valence-corrected chi connectivity index (χ0v) is 17.5. The molecule has 1 aromatic carbocycles. The molecule has 124 valence electrons. The molecule has 0 nitrogen and oxygen atoms in total. The van der Waals surface area contributed by atoms with Crippen LogP contribution in [0.2, 0.25) is 35.8 Å². The van der Waals surface area contributed by atoms with Gasteiger partial charge in [-0.25, -0.2) is 0 Å². The molecule has 2 rings (SSSR count). The first-order chi connectivity index (χ1) is 10.6. The molecule has 0 saturated heterocycles. The van der Waals surface area contributed by atoms with Gasteiger partial charge < -0.3 is 0 Å². The molecule has 0 amide bonds. The molecule has 0 N–H and O–H groups in total. The van der Waals surface area contributed by atoms with Crippen LogP contribution in [0.1, 0.15) is 53.9 Å². The van der Waals surface area contributed by atoms with Gasteiger partial charge in [0.15, 0.2) is 0 Å². The number of hydrogen-bond donors (Lipinski definition) is 0. The Morgan fingerprint density at radius 3 is 1.95 bits per heavy atom. The summed E-state index contributed by atoms with van der Waals surface area (Å²) in [4.78, 5) is 0. The van der Waals surface area contributed by atoms with Crippen molar-refractivity contribution in [2.75, 3.05) is 0 Å². The molecule has 1 atom stereocenters. The third-order valence-corrected chi connectivity index (χ3v) is 19.3. The topological polar surface area (TPSA) is 0 Å². The number of hydrogen-bond acceptors (Lipinski definition) is 0. The van der Waals surface area contributed by atoms with Crippen LogP contribution < -0.4 is 10.4 Å². The van der Waals surface area contributed by atoms with Crippen LogP contribution in [0.15, 0.2) is 24.3 Å². The monoisotopic (exact) mass is 332 g/mol. The fourth-order valence-corrected chi connectivity index (χ4v) is 18.6. The Morgan fingerprint density at radius 1 is 0.864 bits per heavy atom. The first-order valence-electron chi connectivity index (χ1n) is 9.74. The van der Waals surface area contributed by atoms with Crippen molar-refractivity contribution in [1.82, 2.24) is 0 Å². The first-order valence-corrected chi connectivity index (χ1v) is 14.8. The van der Waals surface area contributed by atoms with E-state index in [0.717, 1.165) is 5.54 Å². The highest BCUT2D eigenvalue weighted by molar-refractivity contribution is 7.05. The molecular formula is C20H36Si2. The van der Waals surface area contributed by atoms with E-state index in [4.69, 9.17) is 0 Å². The first kappa shape index (κ1) is 18.0. The van der Waals surface area contributed by atoms with Gasteiger partial charge in [-0.1, -0.05) is 119 Å². The highest BCUT2D eigenvalue weighted by atomic mass is 28.3. The summed E-state index contributed by atoms with van der Waals surface area (Å²) in [5.41, 5.74) is 1.06. The fourth-order valence-electron chi connectivity index (χ4n) is 5.33. The zero-order chi connectivity index (χ0) is 16.2. The predicted molar refractivity (Wildman–Crippen MR) is 107 cm³/mol. The summed E-state index contributed by atoms with van der Waals surface area (Å²) >= 11 is 0. The third-order valence-electron chi connectivity index (χ3n) is 6.97. The summed E-state index contributed by atoms with van der Waals surface area (Å²) in [5, 5.41) is 3.77. The van der Waals surface area contributed by atoms with Gasteiger partial charge in [0.1, 0.15) is 0 Å².